The molecule has 204 valence electrons. The molecule has 39 heavy (non-hydrogen) atoms. The van der Waals surface area contributed by atoms with Crippen LogP contribution in [0.4, 0.5) is 9.18 Å². The number of rotatable bonds is 10. The van der Waals surface area contributed by atoms with Crippen LogP contribution in [0.2, 0.25) is 0 Å². The van der Waals surface area contributed by atoms with E-state index in [2.05, 4.69) is 30.3 Å². The Bertz CT molecular complexity index is 1370. The van der Waals surface area contributed by atoms with Crippen molar-refractivity contribution in [3.63, 3.8) is 0 Å². The molecule has 2 heterocycles. The normalized spacial score (nSPS) is 12.3. The van der Waals surface area contributed by atoms with Gasteiger partial charge in [-0.2, -0.15) is 0 Å². The second-order valence-electron chi connectivity index (χ2n) is 10.8. The molecule has 4 rings (SSSR count). The lowest BCUT2D eigenvalue weighted by Crippen LogP contribution is -2.30. The van der Waals surface area contributed by atoms with Gasteiger partial charge in [0.05, 0.1) is 11.9 Å². The Morgan fingerprint density at radius 3 is 2.36 bits per heavy atom. The number of carbonyl (C=O) groups is 1. The summed E-state index contributed by atoms with van der Waals surface area (Å²) in [6.45, 7) is 7.12. The molecule has 0 radical (unpaired) electrons. The Morgan fingerprint density at radius 2 is 1.72 bits per heavy atom. The standard InChI is InChI=1S/C32H37FN4O2/c1-6-32(2,3)19-27-21-35-30(37(27)5)29(39-31(38)36(4)22-24-10-8-7-9-11-24)18-23-12-14-25(15-13-23)28-17-16-26(33)20-34-28/h7-17,20-21,29H,6,18-19,22H2,1-5H3. The largest absolute Gasteiger partial charge is 0.438 e. The molecule has 0 spiro atoms. The van der Waals surface area contributed by atoms with E-state index in [4.69, 9.17) is 9.72 Å². The molecule has 2 aromatic heterocycles. The number of benzene rings is 2. The molecule has 1 atom stereocenters. The van der Waals surface area contributed by atoms with Gasteiger partial charge in [0.2, 0.25) is 0 Å². The minimum Gasteiger partial charge on any atom is -0.438 e. The van der Waals surface area contributed by atoms with Gasteiger partial charge in [0.1, 0.15) is 11.6 Å². The first-order valence-electron chi connectivity index (χ1n) is 13.3. The highest BCUT2D eigenvalue weighted by Gasteiger charge is 2.26. The molecule has 1 amide bonds. The van der Waals surface area contributed by atoms with Crippen molar-refractivity contribution in [1.82, 2.24) is 19.4 Å². The average Bonchev–Trinajstić information content (AvgIpc) is 3.28. The lowest BCUT2D eigenvalue weighted by Gasteiger charge is -2.25. The van der Waals surface area contributed by atoms with E-state index in [9.17, 15) is 9.18 Å². The molecule has 0 saturated heterocycles. The zero-order chi connectivity index (χ0) is 28.0. The van der Waals surface area contributed by atoms with Crippen molar-refractivity contribution in [3.8, 4) is 11.3 Å². The second kappa shape index (κ2) is 12.2. The fraction of sp³-hybridized carbons (Fsp3) is 0.344. The predicted molar refractivity (Wildman–Crippen MR) is 151 cm³/mol. The van der Waals surface area contributed by atoms with Crippen molar-refractivity contribution >= 4 is 6.09 Å². The monoisotopic (exact) mass is 528 g/mol. The van der Waals surface area contributed by atoms with Crippen LogP contribution in [0.5, 0.6) is 0 Å². The van der Waals surface area contributed by atoms with Crippen LogP contribution in [-0.2, 0) is 31.2 Å². The van der Waals surface area contributed by atoms with E-state index >= 15 is 0 Å². The number of pyridine rings is 1. The number of amides is 1. The summed E-state index contributed by atoms with van der Waals surface area (Å²) in [6, 6.07) is 20.8. The molecular formula is C32H37FN4O2. The molecule has 4 aromatic rings. The maximum atomic E-state index is 13.3. The molecule has 1 unspecified atom stereocenters. The minimum absolute atomic E-state index is 0.136. The number of halogens is 1. The summed E-state index contributed by atoms with van der Waals surface area (Å²) in [5.74, 6) is 0.344. The molecular weight excluding hydrogens is 491 g/mol. The van der Waals surface area contributed by atoms with Crippen LogP contribution < -0.4 is 0 Å². The maximum absolute atomic E-state index is 13.3. The Kier molecular flexibility index (Phi) is 8.79. The molecule has 7 heteroatoms. The van der Waals surface area contributed by atoms with Gasteiger partial charge in [-0.1, -0.05) is 81.8 Å². The number of imidazole rings is 1. The van der Waals surface area contributed by atoms with Crippen LogP contribution in [0.1, 0.15) is 55.9 Å². The number of hydrogen-bond donors (Lipinski definition) is 0. The summed E-state index contributed by atoms with van der Waals surface area (Å²) in [7, 11) is 3.73. The van der Waals surface area contributed by atoms with E-state index in [1.54, 1.807) is 18.0 Å². The van der Waals surface area contributed by atoms with Gasteiger partial charge >= 0.3 is 6.09 Å². The molecule has 0 aliphatic heterocycles. The zero-order valence-electron chi connectivity index (χ0n) is 23.4. The van der Waals surface area contributed by atoms with Gasteiger partial charge in [0.15, 0.2) is 6.10 Å². The highest BCUT2D eigenvalue weighted by molar-refractivity contribution is 5.67. The number of aromatic nitrogens is 3. The Hall–Kier alpha value is -4.00. The molecule has 0 aliphatic carbocycles. The third-order valence-electron chi connectivity index (χ3n) is 7.24. The van der Waals surface area contributed by atoms with Crippen LogP contribution in [0.15, 0.2) is 79.1 Å². The van der Waals surface area contributed by atoms with Crippen LogP contribution in [-0.4, -0.2) is 32.6 Å². The summed E-state index contributed by atoms with van der Waals surface area (Å²) in [5.41, 5.74) is 4.84. The second-order valence-corrected chi connectivity index (χ2v) is 10.8. The number of carbonyl (C=O) groups excluding carboxylic acids is 1. The van der Waals surface area contributed by atoms with E-state index < -0.39 is 12.2 Å². The van der Waals surface area contributed by atoms with Gasteiger partial charge in [0.25, 0.3) is 0 Å². The Labute approximate surface area is 230 Å². The van der Waals surface area contributed by atoms with Crippen LogP contribution >= 0.6 is 0 Å². The van der Waals surface area contributed by atoms with Crippen molar-refractivity contribution in [3.05, 3.63) is 108 Å². The third kappa shape index (κ3) is 7.31. The first-order valence-corrected chi connectivity index (χ1v) is 13.3. The zero-order valence-corrected chi connectivity index (χ0v) is 23.4. The van der Waals surface area contributed by atoms with E-state index in [1.165, 1.54) is 12.3 Å². The lowest BCUT2D eigenvalue weighted by atomic mass is 9.85. The third-order valence-corrected chi connectivity index (χ3v) is 7.24. The van der Waals surface area contributed by atoms with Crippen molar-refractivity contribution in [2.45, 2.75) is 52.7 Å². The fourth-order valence-corrected chi connectivity index (χ4v) is 4.43. The van der Waals surface area contributed by atoms with Crippen molar-refractivity contribution < 1.29 is 13.9 Å². The van der Waals surface area contributed by atoms with Crippen LogP contribution in [0.3, 0.4) is 0 Å². The van der Waals surface area contributed by atoms with Gasteiger partial charge in [-0.25, -0.2) is 14.2 Å². The summed E-state index contributed by atoms with van der Waals surface area (Å²) < 4.78 is 21.4. The summed E-state index contributed by atoms with van der Waals surface area (Å²) >= 11 is 0. The molecule has 0 saturated carbocycles. The molecule has 0 aliphatic rings. The molecule has 0 fully saturated rings. The van der Waals surface area contributed by atoms with Crippen molar-refractivity contribution in [1.29, 1.82) is 0 Å². The van der Waals surface area contributed by atoms with Crippen molar-refractivity contribution in [2.24, 2.45) is 12.5 Å². The minimum atomic E-state index is -0.575. The molecule has 0 N–H and O–H groups in total. The van der Waals surface area contributed by atoms with E-state index in [-0.39, 0.29) is 11.2 Å². The SMILES string of the molecule is CCC(C)(C)Cc1cnc(C(Cc2ccc(-c3ccc(F)cn3)cc2)OC(=O)N(C)Cc2ccccc2)n1C. The summed E-state index contributed by atoms with van der Waals surface area (Å²) in [6.07, 6.45) is 4.51. The predicted octanol–water partition coefficient (Wildman–Crippen LogP) is 7.15. The van der Waals surface area contributed by atoms with Gasteiger partial charge in [-0.3, -0.25) is 4.98 Å². The lowest BCUT2D eigenvalue weighted by molar-refractivity contribution is 0.0617. The first kappa shape index (κ1) is 28.0. The van der Waals surface area contributed by atoms with E-state index in [0.29, 0.717) is 24.5 Å². The number of ether oxygens (including phenoxy) is 1. The topological polar surface area (TPSA) is 60.3 Å². The van der Waals surface area contributed by atoms with E-state index in [0.717, 1.165) is 35.2 Å². The number of hydrogen-bond acceptors (Lipinski definition) is 4. The quantitative estimate of drug-likeness (QED) is 0.219. The molecule has 6 nitrogen and oxygen atoms in total. The maximum Gasteiger partial charge on any atom is 0.410 e. The smallest absolute Gasteiger partial charge is 0.410 e. The number of nitrogens with zero attached hydrogens (tertiary/aromatic N) is 4. The molecule has 2 aromatic carbocycles. The average molecular weight is 529 g/mol. The van der Waals surface area contributed by atoms with Gasteiger partial charge in [-0.05, 0) is 35.1 Å². The van der Waals surface area contributed by atoms with Gasteiger partial charge in [0, 0.05) is 44.5 Å². The Morgan fingerprint density at radius 1 is 1.00 bits per heavy atom. The Balaban J connectivity index is 1.57. The first-order chi connectivity index (χ1) is 18.6. The summed E-state index contributed by atoms with van der Waals surface area (Å²) in [5, 5.41) is 0. The highest BCUT2D eigenvalue weighted by Crippen LogP contribution is 2.29. The van der Waals surface area contributed by atoms with Gasteiger partial charge in [-0.15, -0.1) is 0 Å². The fourth-order valence-electron chi connectivity index (χ4n) is 4.43. The van der Waals surface area contributed by atoms with Crippen LogP contribution in [0, 0.1) is 11.2 Å². The molecule has 0 bridgehead atoms. The summed E-state index contributed by atoms with van der Waals surface area (Å²) in [4.78, 5) is 23.7. The highest BCUT2D eigenvalue weighted by atomic mass is 19.1. The van der Waals surface area contributed by atoms with E-state index in [1.807, 2.05) is 67.8 Å². The van der Waals surface area contributed by atoms with Gasteiger partial charge < -0.3 is 14.2 Å². The van der Waals surface area contributed by atoms with Crippen molar-refractivity contribution in [2.75, 3.05) is 7.05 Å². The van der Waals surface area contributed by atoms with Crippen LogP contribution in [0.25, 0.3) is 11.3 Å².